The van der Waals surface area contributed by atoms with Crippen LogP contribution in [0.15, 0.2) is 18.2 Å². The number of epoxide rings is 1. The number of imidazole rings is 1. The minimum atomic E-state index is -2.85. The van der Waals surface area contributed by atoms with E-state index in [4.69, 9.17) is 18.9 Å². The maximum atomic E-state index is 14.2. The van der Waals surface area contributed by atoms with Crippen molar-refractivity contribution in [3.05, 3.63) is 24.0 Å². The van der Waals surface area contributed by atoms with Gasteiger partial charge in [0.05, 0.1) is 38.6 Å². The van der Waals surface area contributed by atoms with Crippen LogP contribution in [-0.2, 0) is 14.2 Å². The average Bonchev–Trinajstić information content (AvgIpc) is 3.65. The minimum Gasteiger partial charge on any atom is -0.488 e. The summed E-state index contributed by atoms with van der Waals surface area (Å²) in [5, 5.41) is 0. The second-order valence-corrected chi connectivity index (χ2v) is 8.43. The van der Waals surface area contributed by atoms with Gasteiger partial charge in [-0.1, -0.05) is 6.07 Å². The molecule has 3 saturated heterocycles. The lowest BCUT2D eigenvalue weighted by molar-refractivity contribution is 0.121. The zero-order valence-electron chi connectivity index (χ0n) is 19.0. The van der Waals surface area contributed by atoms with Gasteiger partial charge in [0, 0.05) is 26.2 Å². The third kappa shape index (κ3) is 4.58. The number of aromatic nitrogens is 5. The average molecular weight is 489 g/mol. The van der Waals surface area contributed by atoms with Crippen LogP contribution < -0.4 is 14.5 Å². The Balaban J connectivity index is 1.48. The molecule has 0 amide bonds. The Morgan fingerprint density at radius 1 is 0.886 bits per heavy atom. The van der Waals surface area contributed by atoms with Crippen LogP contribution in [0.5, 0.6) is 5.75 Å². The van der Waals surface area contributed by atoms with E-state index < -0.39 is 12.2 Å². The molecule has 5 heterocycles. The normalized spacial score (nSPS) is 20.6. The highest BCUT2D eigenvalue weighted by atomic mass is 19.3. The van der Waals surface area contributed by atoms with Crippen molar-refractivity contribution in [1.82, 2.24) is 24.5 Å². The van der Waals surface area contributed by atoms with Gasteiger partial charge in [0.25, 0.3) is 6.43 Å². The summed E-state index contributed by atoms with van der Waals surface area (Å²) in [5.74, 6) is 0.879. The van der Waals surface area contributed by atoms with Gasteiger partial charge in [0.15, 0.2) is 5.82 Å². The summed E-state index contributed by atoms with van der Waals surface area (Å²) in [6, 6.07) is 5.16. The molecule has 0 radical (unpaired) electrons. The van der Waals surface area contributed by atoms with Crippen molar-refractivity contribution in [3.63, 3.8) is 0 Å². The van der Waals surface area contributed by atoms with Crippen LogP contribution >= 0.6 is 0 Å². The fraction of sp³-hybridized carbons (Fsp3) is 0.545. The summed E-state index contributed by atoms with van der Waals surface area (Å²) in [5.41, 5.74) is 0.756. The van der Waals surface area contributed by atoms with Crippen molar-refractivity contribution in [1.29, 1.82) is 0 Å². The van der Waals surface area contributed by atoms with Gasteiger partial charge in [-0.05, 0) is 12.1 Å². The molecule has 11 nitrogen and oxygen atoms in total. The number of benzene rings is 1. The van der Waals surface area contributed by atoms with Crippen LogP contribution in [0, 0.1) is 0 Å². The molecule has 2 aromatic heterocycles. The Morgan fingerprint density at radius 2 is 1.49 bits per heavy atom. The van der Waals surface area contributed by atoms with Gasteiger partial charge >= 0.3 is 0 Å². The zero-order chi connectivity index (χ0) is 23.8. The fourth-order valence-corrected chi connectivity index (χ4v) is 4.16. The van der Waals surface area contributed by atoms with Crippen molar-refractivity contribution in [3.8, 4) is 11.7 Å². The van der Waals surface area contributed by atoms with Gasteiger partial charge in [-0.25, -0.2) is 13.8 Å². The van der Waals surface area contributed by atoms with Gasteiger partial charge in [-0.15, -0.1) is 0 Å². The van der Waals surface area contributed by atoms with Gasteiger partial charge < -0.3 is 28.7 Å². The number of hydrogen-bond donors (Lipinski definition) is 0. The number of para-hydroxylation sites is 1. The summed E-state index contributed by atoms with van der Waals surface area (Å²) >= 11 is 0. The first-order valence-corrected chi connectivity index (χ1v) is 11.6. The van der Waals surface area contributed by atoms with Crippen LogP contribution in [0.25, 0.3) is 17.0 Å². The second kappa shape index (κ2) is 9.47. The maximum absolute atomic E-state index is 14.2. The molecule has 0 spiro atoms. The van der Waals surface area contributed by atoms with Gasteiger partial charge in [0.2, 0.25) is 17.8 Å². The molecule has 3 aromatic rings. The number of ether oxygens (including phenoxy) is 4. The minimum absolute atomic E-state index is 0.0256. The number of rotatable bonds is 7. The molecule has 1 unspecified atom stereocenters. The van der Waals surface area contributed by atoms with Crippen LogP contribution in [-0.4, -0.2) is 96.4 Å². The highest BCUT2D eigenvalue weighted by Crippen LogP contribution is 2.33. The number of alkyl halides is 2. The highest BCUT2D eigenvalue weighted by Gasteiger charge is 2.28. The monoisotopic (exact) mass is 489 g/mol. The number of halogens is 2. The first-order chi connectivity index (χ1) is 17.2. The number of fused-ring (bicyclic) bond motifs is 1. The third-order valence-corrected chi connectivity index (χ3v) is 6.08. The molecule has 13 heteroatoms. The van der Waals surface area contributed by atoms with Crippen LogP contribution in [0.1, 0.15) is 12.2 Å². The summed E-state index contributed by atoms with van der Waals surface area (Å²) in [4.78, 5) is 22.1. The number of nitrogens with zero attached hydrogens (tertiary/aromatic N) is 7. The number of anilines is 2. The van der Waals surface area contributed by atoms with Crippen LogP contribution in [0.4, 0.5) is 20.7 Å². The lowest BCUT2D eigenvalue weighted by Gasteiger charge is -2.30. The van der Waals surface area contributed by atoms with Crippen molar-refractivity contribution >= 4 is 22.9 Å². The summed E-state index contributed by atoms with van der Waals surface area (Å²) in [6.07, 6.45) is -2.82. The van der Waals surface area contributed by atoms with Crippen molar-refractivity contribution < 1.29 is 27.7 Å². The van der Waals surface area contributed by atoms with Crippen molar-refractivity contribution in [2.24, 2.45) is 0 Å². The Kier molecular flexibility index (Phi) is 6.04. The van der Waals surface area contributed by atoms with E-state index in [0.29, 0.717) is 94.5 Å². The maximum Gasteiger partial charge on any atom is 0.296 e. The predicted molar refractivity (Wildman–Crippen MR) is 121 cm³/mol. The zero-order valence-corrected chi connectivity index (χ0v) is 19.0. The molecule has 1 aromatic carbocycles. The molecule has 35 heavy (non-hydrogen) atoms. The second-order valence-electron chi connectivity index (χ2n) is 8.43. The lowest BCUT2D eigenvalue weighted by Crippen LogP contribution is -2.40. The fourth-order valence-electron chi connectivity index (χ4n) is 4.16. The number of morpholine rings is 2. The van der Waals surface area contributed by atoms with Crippen molar-refractivity contribution in [2.75, 3.05) is 75.6 Å². The van der Waals surface area contributed by atoms with Gasteiger partial charge in [-0.3, -0.25) is 4.57 Å². The van der Waals surface area contributed by atoms with E-state index in [0.717, 1.165) is 0 Å². The molecule has 0 N–H and O–H groups in total. The molecule has 3 aliphatic rings. The van der Waals surface area contributed by atoms with Crippen LogP contribution in [0.3, 0.4) is 0 Å². The summed E-state index contributed by atoms with van der Waals surface area (Å²) < 4.78 is 51.7. The third-order valence-electron chi connectivity index (χ3n) is 6.08. The molecule has 6 rings (SSSR count). The molecule has 1 atom stereocenters. The van der Waals surface area contributed by atoms with E-state index in [1.807, 2.05) is 9.80 Å². The molecule has 186 valence electrons. The first-order valence-electron chi connectivity index (χ1n) is 11.6. The Hall–Kier alpha value is -3.16. The van der Waals surface area contributed by atoms with E-state index in [-0.39, 0.29) is 12.1 Å². The number of hydrogen-bond acceptors (Lipinski definition) is 10. The smallest absolute Gasteiger partial charge is 0.296 e. The highest BCUT2D eigenvalue weighted by molar-refractivity contribution is 5.84. The Labute approximate surface area is 199 Å². The summed E-state index contributed by atoms with van der Waals surface area (Å²) in [6.45, 7) is 5.51. The molecule has 0 bridgehead atoms. The topological polar surface area (TPSA) is 103 Å². The Morgan fingerprint density at radius 3 is 2.06 bits per heavy atom. The molecular formula is C22H25F2N7O4. The standard InChI is InChI=1S/C22H25F2N7O4/c23-18(24)19-25-17-15(2-1-3-16(17)35-13-14-12-34-14)31(19)22-27-20(29-4-8-32-9-5-29)26-21(28-22)30-6-10-33-11-7-30/h1-3,14,18H,4-13H2. The molecule has 3 aliphatic heterocycles. The van der Waals surface area contributed by atoms with Crippen LogP contribution in [0.2, 0.25) is 0 Å². The largest absolute Gasteiger partial charge is 0.488 e. The molecular weight excluding hydrogens is 464 g/mol. The van der Waals surface area contributed by atoms with E-state index in [1.54, 1.807) is 18.2 Å². The van der Waals surface area contributed by atoms with Gasteiger partial charge in [-0.2, -0.15) is 15.0 Å². The quantitative estimate of drug-likeness (QED) is 0.455. The van der Waals surface area contributed by atoms with E-state index in [1.165, 1.54) is 4.57 Å². The molecule has 3 fully saturated rings. The Bertz CT molecular complexity index is 1160. The van der Waals surface area contributed by atoms with Crippen molar-refractivity contribution in [2.45, 2.75) is 12.5 Å². The first kappa shape index (κ1) is 22.3. The summed E-state index contributed by atoms with van der Waals surface area (Å²) in [7, 11) is 0. The van der Waals surface area contributed by atoms with E-state index in [2.05, 4.69) is 19.9 Å². The van der Waals surface area contributed by atoms with Gasteiger partial charge in [0.1, 0.15) is 24.0 Å². The molecule has 0 aliphatic carbocycles. The van der Waals surface area contributed by atoms with E-state index >= 15 is 0 Å². The molecule has 0 saturated carbocycles. The van der Waals surface area contributed by atoms with E-state index in [9.17, 15) is 8.78 Å². The SMILES string of the molecule is FC(F)c1nc2c(OCC3CO3)cccc2n1-c1nc(N2CCOCC2)nc(N2CCOCC2)n1. The predicted octanol–water partition coefficient (Wildman–Crippen LogP) is 1.60. The lowest BCUT2D eigenvalue weighted by atomic mass is 10.3.